The standard InChI is InChI=1S/C27H26FNO3/c1-18(2)25(30)24(27(32)29(3)22-12-8-5-9-13-22)23(19-10-6-4-7-11-19)26(31)20-14-16-21(28)17-15-20/h4-18,23-24H,1-3H3. The maximum absolute atomic E-state index is 13.7. The Morgan fingerprint density at radius 1 is 0.781 bits per heavy atom. The van der Waals surface area contributed by atoms with Crippen LogP contribution in [0.5, 0.6) is 0 Å². The topological polar surface area (TPSA) is 54.5 Å². The average molecular weight is 432 g/mol. The van der Waals surface area contributed by atoms with Crippen LogP contribution in [0, 0.1) is 17.7 Å². The predicted molar refractivity (Wildman–Crippen MR) is 123 cm³/mol. The number of nitrogens with zero attached hydrogens (tertiary/aromatic N) is 1. The fraction of sp³-hybridized carbons (Fsp3) is 0.222. The summed E-state index contributed by atoms with van der Waals surface area (Å²) in [6.07, 6.45) is 0. The van der Waals surface area contributed by atoms with Crippen LogP contribution in [0.3, 0.4) is 0 Å². The zero-order valence-electron chi connectivity index (χ0n) is 18.4. The van der Waals surface area contributed by atoms with E-state index in [1.54, 1.807) is 75.5 Å². The molecule has 4 nitrogen and oxygen atoms in total. The van der Waals surface area contributed by atoms with Gasteiger partial charge in [-0.1, -0.05) is 62.4 Å². The number of para-hydroxylation sites is 1. The number of ketones is 2. The summed E-state index contributed by atoms with van der Waals surface area (Å²) in [5, 5.41) is 0. The molecule has 1 amide bonds. The number of hydrogen-bond donors (Lipinski definition) is 0. The first-order valence-electron chi connectivity index (χ1n) is 10.5. The molecule has 0 bridgehead atoms. The maximum Gasteiger partial charge on any atom is 0.238 e. The summed E-state index contributed by atoms with van der Waals surface area (Å²) in [6, 6.07) is 23.0. The van der Waals surface area contributed by atoms with Crippen molar-refractivity contribution in [1.82, 2.24) is 0 Å². The van der Waals surface area contributed by atoms with E-state index < -0.39 is 35.3 Å². The Hall–Kier alpha value is -3.60. The second-order valence-corrected chi connectivity index (χ2v) is 8.03. The van der Waals surface area contributed by atoms with Gasteiger partial charge in [-0.25, -0.2) is 4.39 Å². The molecule has 0 aliphatic rings. The number of anilines is 1. The lowest BCUT2D eigenvalue weighted by molar-refractivity contribution is -0.134. The van der Waals surface area contributed by atoms with E-state index in [0.29, 0.717) is 11.3 Å². The van der Waals surface area contributed by atoms with E-state index in [-0.39, 0.29) is 11.3 Å². The minimum atomic E-state index is -1.22. The van der Waals surface area contributed by atoms with E-state index >= 15 is 0 Å². The molecule has 5 heteroatoms. The van der Waals surface area contributed by atoms with Crippen molar-refractivity contribution in [3.63, 3.8) is 0 Å². The Morgan fingerprint density at radius 3 is 1.84 bits per heavy atom. The van der Waals surface area contributed by atoms with Gasteiger partial charge in [0.15, 0.2) is 5.78 Å². The SMILES string of the molecule is CC(C)C(=O)C(C(=O)N(C)c1ccccc1)C(C(=O)c1ccc(F)cc1)c1ccccc1. The Balaban J connectivity index is 2.13. The second-order valence-electron chi connectivity index (χ2n) is 8.03. The summed E-state index contributed by atoms with van der Waals surface area (Å²) in [6.45, 7) is 3.44. The number of carbonyl (C=O) groups is 3. The van der Waals surface area contributed by atoms with Crippen LogP contribution in [-0.2, 0) is 9.59 Å². The quantitative estimate of drug-likeness (QED) is 0.359. The molecule has 0 aromatic heterocycles. The fourth-order valence-electron chi connectivity index (χ4n) is 3.72. The number of halogens is 1. The van der Waals surface area contributed by atoms with E-state index in [4.69, 9.17) is 0 Å². The monoisotopic (exact) mass is 431 g/mol. The maximum atomic E-state index is 13.7. The number of carbonyl (C=O) groups excluding carboxylic acids is 3. The van der Waals surface area contributed by atoms with E-state index in [9.17, 15) is 18.8 Å². The lowest BCUT2D eigenvalue weighted by atomic mass is 9.75. The highest BCUT2D eigenvalue weighted by Gasteiger charge is 2.42. The molecule has 32 heavy (non-hydrogen) atoms. The minimum Gasteiger partial charge on any atom is -0.315 e. The van der Waals surface area contributed by atoms with Gasteiger partial charge in [-0.2, -0.15) is 0 Å². The van der Waals surface area contributed by atoms with Gasteiger partial charge in [-0.05, 0) is 42.0 Å². The molecule has 3 aromatic rings. The zero-order valence-corrected chi connectivity index (χ0v) is 18.4. The van der Waals surface area contributed by atoms with Crippen LogP contribution in [-0.4, -0.2) is 24.5 Å². The number of rotatable bonds is 8. The summed E-state index contributed by atoms with van der Waals surface area (Å²) >= 11 is 0. The van der Waals surface area contributed by atoms with Crippen molar-refractivity contribution in [2.75, 3.05) is 11.9 Å². The lowest BCUT2D eigenvalue weighted by Crippen LogP contribution is -2.44. The first kappa shape index (κ1) is 23.1. The number of Topliss-reactive ketones (excluding diaryl/α,β-unsaturated/α-hetero) is 2. The van der Waals surface area contributed by atoms with Crippen molar-refractivity contribution in [3.8, 4) is 0 Å². The van der Waals surface area contributed by atoms with Gasteiger partial charge in [0.25, 0.3) is 0 Å². The first-order valence-corrected chi connectivity index (χ1v) is 10.5. The molecule has 0 heterocycles. The second kappa shape index (κ2) is 10.1. The third-order valence-corrected chi connectivity index (χ3v) is 5.52. The normalized spacial score (nSPS) is 12.8. The Morgan fingerprint density at radius 2 is 1.31 bits per heavy atom. The molecular formula is C27H26FNO3. The molecule has 2 unspecified atom stereocenters. The summed E-state index contributed by atoms with van der Waals surface area (Å²) < 4.78 is 13.5. The van der Waals surface area contributed by atoms with E-state index in [1.807, 2.05) is 6.07 Å². The Bertz CT molecular complexity index is 1080. The molecule has 0 fully saturated rings. The highest BCUT2D eigenvalue weighted by molar-refractivity contribution is 6.15. The van der Waals surface area contributed by atoms with Crippen molar-refractivity contribution in [1.29, 1.82) is 0 Å². The highest BCUT2D eigenvalue weighted by Crippen LogP contribution is 2.33. The molecule has 3 rings (SSSR count). The van der Waals surface area contributed by atoms with Gasteiger partial charge in [-0.3, -0.25) is 14.4 Å². The van der Waals surface area contributed by atoms with Crippen molar-refractivity contribution < 1.29 is 18.8 Å². The largest absolute Gasteiger partial charge is 0.315 e. The fourth-order valence-corrected chi connectivity index (χ4v) is 3.72. The third-order valence-electron chi connectivity index (χ3n) is 5.52. The van der Waals surface area contributed by atoms with Gasteiger partial charge < -0.3 is 4.90 Å². The number of benzene rings is 3. The van der Waals surface area contributed by atoms with Crippen molar-refractivity contribution in [2.24, 2.45) is 11.8 Å². The van der Waals surface area contributed by atoms with E-state index in [0.717, 1.165) is 0 Å². The van der Waals surface area contributed by atoms with Crippen LogP contribution in [0.1, 0.15) is 35.7 Å². The molecule has 0 aliphatic heterocycles. The minimum absolute atomic E-state index is 0.247. The molecule has 3 aromatic carbocycles. The molecule has 0 aliphatic carbocycles. The van der Waals surface area contributed by atoms with Gasteiger partial charge in [-0.15, -0.1) is 0 Å². The van der Waals surface area contributed by atoms with Crippen LogP contribution < -0.4 is 4.90 Å². The van der Waals surface area contributed by atoms with Crippen LogP contribution >= 0.6 is 0 Å². The van der Waals surface area contributed by atoms with Gasteiger partial charge in [0.1, 0.15) is 17.5 Å². The zero-order chi connectivity index (χ0) is 23.3. The van der Waals surface area contributed by atoms with Crippen LogP contribution in [0.2, 0.25) is 0 Å². The highest BCUT2D eigenvalue weighted by atomic mass is 19.1. The van der Waals surface area contributed by atoms with Crippen LogP contribution in [0.4, 0.5) is 10.1 Å². The van der Waals surface area contributed by atoms with Crippen molar-refractivity contribution >= 4 is 23.2 Å². The smallest absolute Gasteiger partial charge is 0.238 e. The number of hydrogen-bond acceptors (Lipinski definition) is 3. The molecule has 2 atom stereocenters. The molecule has 0 N–H and O–H groups in total. The Labute approximate surface area is 187 Å². The molecule has 0 radical (unpaired) electrons. The Kier molecular flexibility index (Phi) is 7.31. The van der Waals surface area contributed by atoms with Crippen molar-refractivity contribution in [3.05, 3.63) is 102 Å². The molecule has 0 spiro atoms. The van der Waals surface area contributed by atoms with Gasteiger partial charge >= 0.3 is 0 Å². The third kappa shape index (κ3) is 4.99. The van der Waals surface area contributed by atoms with E-state index in [1.165, 1.54) is 29.2 Å². The summed E-state index contributed by atoms with van der Waals surface area (Å²) in [5.41, 5.74) is 1.44. The summed E-state index contributed by atoms with van der Waals surface area (Å²) in [4.78, 5) is 42.1. The summed E-state index contributed by atoms with van der Waals surface area (Å²) in [5.74, 6) is -4.35. The van der Waals surface area contributed by atoms with Gasteiger partial charge in [0.2, 0.25) is 5.91 Å². The summed E-state index contributed by atoms with van der Waals surface area (Å²) in [7, 11) is 1.60. The van der Waals surface area contributed by atoms with Gasteiger partial charge in [0.05, 0.1) is 5.92 Å². The van der Waals surface area contributed by atoms with E-state index in [2.05, 4.69) is 0 Å². The number of amides is 1. The molecule has 0 saturated carbocycles. The van der Waals surface area contributed by atoms with Crippen LogP contribution in [0.25, 0.3) is 0 Å². The van der Waals surface area contributed by atoms with Crippen LogP contribution in [0.15, 0.2) is 84.9 Å². The molecule has 0 saturated heterocycles. The average Bonchev–Trinajstić information content (AvgIpc) is 2.82. The lowest BCUT2D eigenvalue weighted by Gasteiger charge is -2.30. The van der Waals surface area contributed by atoms with Crippen molar-refractivity contribution in [2.45, 2.75) is 19.8 Å². The predicted octanol–water partition coefficient (Wildman–Crippen LogP) is 5.30. The molecule has 164 valence electrons. The first-order chi connectivity index (χ1) is 15.3. The van der Waals surface area contributed by atoms with Gasteiger partial charge in [0, 0.05) is 24.2 Å². The molecular weight excluding hydrogens is 405 g/mol.